The van der Waals surface area contributed by atoms with E-state index in [1.54, 1.807) is 30.3 Å². The average molecular weight is 352 g/mol. The second kappa shape index (κ2) is 7.39. The Kier molecular flexibility index (Phi) is 5.02. The number of nitrogens with two attached hydrogens (primary N) is 1. The Morgan fingerprint density at radius 2 is 1.58 bits per heavy atom. The third kappa shape index (κ3) is 3.18. The summed E-state index contributed by atoms with van der Waals surface area (Å²) >= 11 is 0. The molecular formula is C20H20N2O4. The fourth-order valence-electron chi connectivity index (χ4n) is 3.54. The van der Waals surface area contributed by atoms with Crippen LogP contribution in [0.5, 0.6) is 0 Å². The summed E-state index contributed by atoms with van der Waals surface area (Å²) < 4.78 is 4.92. The molecule has 0 bridgehead atoms. The lowest BCUT2D eigenvalue weighted by Crippen LogP contribution is -2.45. The first-order chi connectivity index (χ1) is 12.5. The maximum atomic E-state index is 13.2. The number of hydrogen-bond donors (Lipinski definition) is 1. The summed E-state index contributed by atoms with van der Waals surface area (Å²) in [5.41, 5.74) is 6.76. The zero-order valence-corrected chi connectivity index (χ0v) is 14.4. The van der Waals surface area contributed by atoms with Crippen LogP contribution in [0.2, 0.25) is 0 Å². The number of esters is 1. The number of ether oxygens (including phenoxy) is 1. The van der Waals surface area contributed by atoms with Crippen molar-refractivity contribution in [2.45, 2.75) is 18.5 Å². The van der Waals surface area contributed by atoms with Gasteiger partial charge in [-0.05, 0) is 24.1 Å². The Morgan fingerprint density at radius 1 is 1.00 bits per heavy atom. The smallest absolute Gasteiger partial charge is 0.311 e. The Hall–Kier alpha value is -3.15. The second-order valence-corrected chi connectivity index (χ2v) is 6.22. The molecule has 0 saturated carbocycles. The van der Waals surface area contributed by atoms with E-state index >= 15 is 0 Å². The molecule has 26 heavy (non-hydrogen) atoms. The van der Waals surface area contributed by atoms with E-state index in [2.05, 4.69) is 0 Å². The monoisotopic (exact) mass is 352 g/mol. The van der Waals surface area contributed by atoms with E-state index in [0.29, 0.717) is 5.56 Å². The summed E-state index contributed by atoms with van der Waals surface area (Å²) in [5, 5.41) is 0. The zero-order chi connectivity index (χ0) is 18.7. The van der Waals surface area contributed by atoms with Crippen molar-refractivity contribution in [3.63, 3.8) is 0 Å². The number of rotatable bonds is 4. The van der Waals surface area contributed by atoms with Gasteiger partial charge in [0.1, 0.15) is 6.04 Å². The quantitative estimate of drug-likeness (QED) is 0.851. The third-order valence-corrected chi connectivity index (χ3v) is 4.72. The largest absolute Gasteiger partial charge is 0.469 e. The summed E-state index contributed by atoms with van der Waals surface area (Å²) in [5.74, 6) is -2.10. The third-order valence-electron chi connectivity index (χ3n) is 4.72. The molecule has 134 valence electrons. The van der Waals surface area contributed by atoms with Crippen LogP contribution in [0.25, 0.3) is 0 Å². The molecule has 3 atom stereocenters. The second-order valence-electron chi connectivity index (χ2n) is 6.22. The van der Waals surface area contributed by atoms with Crippen LogP contribution < -0.4 is 5.73 Å². The molecule has 1 aliphatic rings. The molecule has 3 rings (SSSR count). The highest BCUT2D eigenvalue weighted by molar-refractivity contribution is 5.99. The lowest BCUT2D eigenvalue weighted by atomic mass is 9.93. The number of hydrogen-bond acceptors (Lipinski definition) is 4. The van der Waals surface area contributed by atoms with E-state index < -0.39 is 29.9 Å². The Labute approximate surface area is 151 Å². The van der Waals surface area contributed by atoms with Crippen LogP contribution in [-0.2, 0) is 14.3 Å². The van der Waals surface area contributed by atoms with Gasteiger partial charge in [-0.1, -0.05) is 48.5 Å². The highest BCUT2D eigenvalue weighted by atomic mass is 16.5. The van der Waals surface area contributed by atoms with Crippen LogP contribution in [0.4, 0.5) is 0 Å². The lowest BCUT2D eigenvalue weighted by Gasteiger charge is -2.30. The molecule has 1 aliphatic heterocycles. The number of amides is 2. The number of primary amides is 1. The highest BCUT2D eigenvalue weighted by Crippen LogP contribution is 2.42. The summed E-state index contributed by atoms with van der Waals surface area (Å²) in [6.07, 6.45) is 0.139. The van der Waals surface area contributed by atoms with Crippen molar-refractivity contribution in [1.82, 2.24) is 4.90 Å². The first-order valence-electron chi connectivity index (χ1n) is 8.34. The average Bonchev–Trinajstić information content (AvgIpc) is 3.09. The molecule has 6 heteroatoms. The normalized spacial score (nSPS) is 22.0. The minimum atomic E-state index is -0.878. The first kappa shape index (κ1) is 17.7. The van der Waals surface area contributed by atoms with Crippen LogP contribution in [0.15, 0.2) is 60.7 Å². The van der Waals surface area contributed by atoms with E-state index in [9.17, 15) is 14.4 Å². The number of carbonyl (C=O) groups is 3. The van der Waals surface area contributed by atoms with Gasteiger partial charge in [-0.2, -0.15) is 0 Å². The van der Waals surface area contributed by atoms with Crippen molar-refractivity contribution in [3.8, 4) is 0 Å². The summed E-state index contributed by atoms with van der Waals surface area (Å²) in [4.78, 5) is 39.0. The molecule has 6 nitrogen and oxygen atoms in total. The minimum Gasteiger partial charge on any atom is -0.469 e. The van der Waals surface area contributed by atoms with Crippen LogP contribution in [0.3, 0.4) is 0 Å². The van der Waals surface area contributed by atoms with Crippen LogP contribution in [0.1, 0.15) is 28.4 Å². The van der Waals surface area contributed by atoms with Gasteiger partial charge in [-0.3, -0.25) is 14.4 Å². The zero-order valence-electron chi connectivity index (χ0n) is 14.4. The molecule has 2 aromatic carbocycles. The van der Waals surface area contributed by atoms with Gasteiger partial charge in [0.25, 0.3) is 5.91 Å². The Balaban J connectivity index is 2.10. The van der Waals surface area contributed by atoms with E-state index in [1.165, 1.54) is 12.0 Å². The number of benzene rings is 2. The molecule has 3 unspecified atom stereocenters. The van der Waals surface area contributed by atoms with Gasteiger partial charge in [-0.25, -0.2) is 0 Å². The number of methoxy groups -OCH3 is 1. The highest BCUT2D eigenvalue weighted by Gasteiger charge is 2.50. The fourth-order valence-corrected chi connectivity index (χ4v) is 3.54. The van der Waals surface area contributed by atoms with Crippen molar-refractivity contribution < 1.29 is 19.1 Å². The summed E-state index contributed by atoms with van der Waals surface area (Å²) in [6, 6.07) is 16.3. The molecule has 0 spiro atoms. The van der Waals surface area contributed by atoms with Gasteiger partial charge >= 0.3 is 5.97 Å². The topological polar surface area (TPSA) is 89.7 Å². The molecule has 2 amide bonds. The van der Waals surface area contributed by atoms with Crippen LogP contribution in [-0.4, -0.2) is 35.8 Å². The maximum Gasteiger partial charge on any atom is 0.311 e. The van der Waals surface area contributed by atoms with E-state index in [-0.39, 0.29) is 12.3 Å². The van der Waals surface area contributed by atoms with E-state index in [4.69, 9.17) is 10.5 Å². The van der Waals surface area contributed by atoms with Gasteiger partial charge in [0.05, 0.1) is 19.1 Å². The van der Waals surface area contributed by atoms with Crippen molar-refractivity contribution in [3.05, 3.63) is 71.8 Å². The molecule has 0 radical (unpaired) electrons. The summed E-state index contributed by atoms with van der Waals surface area (Å²) in [6.45, 7) is 0. The SMILES string of the molecule is COC(=O)C1CC(C(N)=O)N(C(=O)c2ccccc2)C1c1ccccc1. The van der Waals surface area contributed by atoms with Crippen molar-refractivity contribution in [2.75, 3.05) is 7.11 Å². The van der Waals surface area contributed by atoms with Crippen LogP contribution >= 0.6 is 0 Å². The van der Waals surface area contributed by atoms with Crippen molar-refractivity contribution in [1.29, 1.82) is 0 Å². The number of likely N-dealkylation sites (tertiary alicyclic amines) is 1. The van der Waals surface area contributed by atoms with E-state index in [1.807, 2.05) is 30.3 Å². The fraction of sp³-hybridized carbons (Fsp3) is 0.250. The molecular weight excluding hydrogens is 332 g/mol. The van der Waals surface area contributed by atoms with Gasteiger partial charge in [-0.15, -0.1) is 0 Å². The molecule has 1 heterocycles. The molecule has 0 aliphatic carbocycles. The predicted octanol–water partition coefficient (Wildman–Crippen LogP) is 1.92. The maximum absolute atomic E-state index is 13.2. The molecule has 2 N–H and O–H groups in total. The van der Waals surface area contributed by atoms with Crippen molar-refractivity contribution >= 4 is 17.8 Å². The Bertz CT molecular complexity index is 807. The molecule has 2 aromatic rings. The van der Waals surface area contributed by atoms with Gasteiger partial charge in [0, 0.05) is 5.56 Å². The minimum absolute atomic E-state index is 0.139. The van der Waals surface area contributed by atoms with Gasteiger partial charge in [0.2, 0.25) is 5.91 Å². The molecule has 1 fully saturated rings. The molecule has 1 saturated heterocycles. The lowest BCUT2D eigenvalue weighted by molar-refractivity contribution is -0.146. The number of nitrogens with zero attached hydrogens (tertiary/aromatic N) is 1. The van der Waals surface area contributed by atoms with E-state index in [0.717, 1.165) is 5.56 Å². The number of carbonyl (C=O) groups excluding carboxylic acids is 3. The van der Waals surface area contributed by atoms with Gasteiger partial charge in [0.15, 0.2) is 0 Å². The summed E-state index contributed by atoms with van der Waals surface area (Å²) in [7, 11) is 1.30. The van der Waals surface area contributed by atoms with Gasteiger partial charge < -0.3 is 15.4 Å². The standard InChI is InChI=1S/C20H20N2O4/c1-26-20(25)15-12-16(18(21)23)22(17(15)13-8-4-2-5-9-13)19(24)14-10-6-3-7-11-14/h2-11,15-17H,12H2,1H3,(H2,21,23). The first-order valence-corrected chi connectivity index (χ1v) is 8.34. The Morgan fingerprint density at radius 3 is 2.12 bits per heavy atom. The molecule has 0 aromatic heterocycles. The predicted molar refractivity (Wildman–Crippen MR) is 94.9 cm³/mol. The van der Waals surface area contributed by atoms with Crippen molar-refractivity contribution in [2.24, 2.45) is 11.7 Å². The van der Waals surface area contributed by atoms with Crippen LogP contribution in [0, 0.1) is 5.92 Å².